The van der Waals surface area contributed by atoms with Gasteiger partial charge in [-0.05, 0) is 29.8 Å². The van der Waals surface area contributed by atoms with E-state index in [1.54, 1.807) is 24.4 Å². The van der Waals surface area contributed by atoms with Crippen molar-refractivity contribution >= 4 is 19.8 Å². The van der Waals surface area contributed by atoms with E-state index < -0.39 is 8.07 Å². The second kappa shape index (κ2) is 7.21. The largest absolute Gasteiger partial charge is 0.310 e. The van der Waals surface area contributed by atoms with Crippen LogP contribution in [0.5, 0.6) is 0 Å². The number of carbonyl (C=O) groups excluding carboxylic acids is 1. The Morgan fingerprint density at radius 3 is 2.57 bits per heavy atom. The molecule has 23 heavy (non-hydrogen) atoms. The molecule has 0 saturated carbocycles. The van der Waals surface area contributed by atoms with Crippen molar-refractivity contribution in [3.8, 4) is 11.5 Å². The predicted molar refractivity (Wildman–Crippen MR) is 93.2 cm³/mol. The molecule has 0 spiro atoms. The molecule has 0 saturated heterocycles. The molecule has 118 valence electrons. The van der Waals surface area contributed by atoms with Crippen molar-refractivity contribution in [3.05, 3.63) is 59.5 Å². The molecular weight excluding hydrogens is 307 g/mol. The molecule has 0 fully saturated rings. The zero-order valence-electron chi connectivity index (χ0n) is 13.5. The SMILES string of the molecule is C[Si](C)(C)C#Cc1ccnc(NC(=O)Cc2ccc(F)cc2)c1. The van der Waals surface area contributed by atoms with Gasteiger partial charge in [-0.3, -0.25) is 4.79 Å². The topological polar surface area (TPSA) is 42.0 Å². The summed E-state index contributed by atoms with van der Waals surface area (Å²) in [6.07, 6.45) is 1.80. The molecule has 2 aromatic rings. The molecule has 0 aliphatic carbocycles. The first kappa shape index (κ1) is 16.9. The summed E-state index contributed by atoms with van der Waals surface area (Å²) in [5.41, 5.74) is 4.86. The first-order chi connectivity index (χ1) is 10.8. The number of carbonyl (C=O) groups is 1. The van der Waals surface area contributed by atoms with E-state index in [0.717, 1.165) is 11.1 Å². The Hall–Kier alpha value is -2.45. The molecule has 0 unspecified atom stereocenters. The van der Waals surface area contributed by atoms with Crippen LogP contribution < -0.4 is 5.32 Å². The normalized spacial score (nSPS) is 10.6. The Kier molecular flexibility index (Phi) is 5.30. The van der Waals surface area contributed by atoms with E-state index >= 15 is 0 Å². The number of nitrogens with zero attached hydrogens (tertiary/aromatic N) is 1. The second-order valence-corrected chi connectivity index (χ2v) is 11.0. The van der Waals surface area contributed by atoms with Gasteiger partial charge in [-0.25, -0.2) is 9.37 Å². The Bertz CT molecular complexity index is 755. The zero-order chi connectivity index (χ0) is 16.9. The average Bonchev–Trinajstić information content (AvgIpc) is 2.47. The van der Waals surface area contributed by atoms with Gasteiger partial charge < -0.3 is 5.32 Å². The quantitative estimate of drug-likeness (QED) is 0.691. The highest BCUT2D eigenvalue weighted by Gasteiger charge is 2.08. The molecule has 3 nitrogen and oxygen atoms in total. The van der Waals surface area contributed by atoms with Crippen LogP contribution in [-0.4, -0.2) is 19.0 Å². The summed E-state index contributed by atoms with van der Waals surface area (Å²) in [5.74, 6) is 3.09. The third-order valence-electron chi connectivity index (χ3n) is 2.89. The first-order valence-corrected chi connectivity index (χ1v) is 10.9. The number of aromatic nitrogens is 1. The third kappa shape index (κ3) is 6.05. The minimum Gasteiger partial charge on any atom is -0.310 e. The lowest BCUT2D eigenvalue weighted by Crippen LogP contribution is -2.16. The van der Waals surface area contributed by atoms with Crippen LogP contribution in [0.2, 0.25) is 19.6 Å². The van der Waals surface area contributed by atoms with Crippen molar-refractivity contribution in [2.45, 2.75) is 26.1 Å². The van der Waals surface area contributed by atoms with Crippen LogP contribution in [0.25, 0.3) is 0 Å². The van der Waals surface area contributed by atoms with Crippen molar-refractivity contribution < 1.29 is 9.18 Å². The Balaban J connectivity index is 2.03. The zero-order valence-corrected chi connectivity index (χ0v) is 14.5. The van der Waals surface area contributed by atoms with Gasteiger partial charge in [0.2, 0.25) is 5.91 Å². The molecule has 5 heteroatoms. The molecule has 2 rings (SSSR count). The van der Waals surface area contributed by atoms with Gasteiger partial charge in [0.25, 0.3) is 0 Å². The van der Waals surface area contributed by atoms with Gasteiger partial charge in [-0.2, -0.15) is 0 Å². The number of hydrogen-bond acceptors (Lipinski definition) is 2. The van der Waals surface area contributed by atoms with E-state index in [1.807, 2.05) is 6.07 Å². The fourth-order valence-electron chi connectivity index (χ4n) is 1.81. The average molecular weight is 326 g/mol. The Labute approximate surface area is 137 Å². The lowest BCUT2D eigenvalue weighted by Gasteiger charge is -2.06. The summed E-state index contributed by atoms with van der Waals surface area (Å²) < 4.78 is 12.9. The molecular formula is C18H19FN2OSi. The molecule has 1 aromatic carbocycles. The Morgan fingerprint density at radius 2 is 1.91 bits per heavy atom. The molecule has 1 aromatic heterocycles. The van der Waals surface area contributed by atoms with Gasteiger partial charge in [0.1, 0.15) is 19.7 Å². The van der Waals surface area contributed by atoms with Crippen LogP contribution in [-0.2, 0) is 11.2 Å². The van der Waals surface area contributed by atoms with E-state index in [4.69, 9.17) is 0 Å². The van der Waals surface area contributed by atoms with E-state index in [2.05, 4.69) is 41.4 Å². The molecule has 1 N–H and O–H groups in total. The smallest absolute Gasteiger partial charge is 0.229 e. The highest BCUT2D eigenvalue weighted by atomic mass is 28.3. The highest BCUT2D eigenvalue weighted by molar-refractivity contribution is 6.83. The maximum Gasteiger partial charge on any atom is 0.229 e. The molecule has 0 aliphatic heterocycles. The minimum atomic E-state index is -1.44. The van der Waals surface area contributed by atoms with Crippen molar-refractivity contribution in [1.29, 1.82) is 0 Å². The number of nitrogens with one attached hydrogen (secondary N) is 1. The number of benzene rings is 1. The number of rotatable bonds is 3. The van der Waals surface area contributed by atoms with E-state index in [1.165, 1.54) is 12.1 Å². The van der Waals surface area contributed by atoms with Gasteiger partial charge in [-0.15, -0.1) is 5.54 Å². The standard InChI is InChI=1S/C18H19FN2OSi/c1-23(2,3)11-9-15-8-10-20-17(12-15)21-18(22)13-14-4-6-16(19)7-5-14/h4-8,10,12H,13H2,1-3H3,(H,20,21,22). The lowest BCUT2D eigenvalue weighted by molar-refractivity contribution is -0.115. The number of pyridine rings is 1. The van der Waals surface area contributed by atoms with Gasteiger partial charge in [-0.1, -0.05) is 37.7 Å². The maximum atomic E-state index is 12.9. The molecule has 1 heterocycles. The van der Waals surface area contributed by atoms with Gasteiger partial charge >= 0.3 is 0 Å². The summed E-state index contributed by atoms with van der Waals surface area (Å²) in [4.78, 5) is 16.2. The first-order valence-electron chi connectivity index (χ1n) is 7.35. The lowest BCUT2D eigenvalue weighted by atomic mass is 10.1. The van der Waals surface area contributed by atoms with Crippen LogP contribution >= 0.6 is 0 Å². The summed E-state index contributed by atoms with van der Waals surface area (Å²) >= 11 is 0. The maximum absolute atomic E-state index is 12.9. The fraction of sp³-hybridized carbons (Fsp3) is 0.222. The second-order valence-electron chi connectivity index (χ2n) is 6.28. The number of hydrogen-bond donors (Lipinski definition) is 1. The van der Waals surface area contributed by atoms with Crippen molar-refractivity contribution in [3.63, 3.8) is 0 Å². The number of amides is 1. The van der Waals surface area contributed by atoms with Crippen molar-refractivity contribution in [2.75, 3.05) is 5.32 Å². The Morgan fingerprint density at radius 1 is 1.22 bits per heavy atom. The monoisotopic (exact) mass is 326 g/mol. The summed E-state index contributed by atoms with van der Waals surface area (Å²) in [6.45, 7) is 6.52. The molecule has 0 radical (unpaired) electrons. The van der Waals surface area contributed by atoms with E-state index in [9.17, 15) is 9.18 Å². The van der Waals surface area contributed by atoms with Crippen molar-refractivity contribution in [2.24, 2.45) is 0 Å². The predicted octanol–water partition coefficient (Wildman–Crippen LogP) is 3.63. The van der Waals surface area contributed by atoms with Crippen LogP contribution in [0.4, 0.5) is 10.2 Å². The summed E-state index contributed by atoms with van der Waals surface area (Å²) in [7, 11) is -1.44. The summed E-state index contributed by atoms with van der Waals surface area (Å²) in [6, 6.07) is 9.45. The van der Waals surface area contributed by atoms with Gasteiger partial charge in [0.05, 0.1) is 6.42 Å². The molecule has 0 bridgehead atoms. The highest BCUT2D eigenvalue weighted by Crippen LogP contribution is 2.09. The van der Waals surface area contributed by atoms with Crippen molar-refractivity contribution in [1.82, 2.24) is 4.98 Å². The van der Waals surface area contributed by atoms with Crippen LogP contribution in [0.3, 0.4) is 0 Å². The van der Waals surface area contributed by atoms with Gasteiger partial charge in [0, 0.05) is 11.8 Å². The van der Waals surface area contributed by atoms with Crippen LogP contribution in [0, 0.1) is 17.3 Å². The fourth-order valence-corrected chi connectivity index (χ4v) is 2.33. The summed E-state index contributed by atoms with van der Waals surface area (Å²) in [5, 5.41) is 2.74. The number of halogens is 1. The van der Waals surface area contributed by atoms with Crippen LogP contribution in [0.1, 0.15) is 11.1 Å². The molecule has 0 atom stereocenters. The molecule has 0 aliphatic rings. The third-order valence-corrected chi connectivity index (χ3v) is 3.76. The van der Waals surface area contributed by atoms with E-state index in [-0.39, 0.29) is 18.1 Å². The van der Waals surface area contributed by atoms with E-state index in [0.29, 0.717) is 5.82 Å². The van der Waals surface area contributed by atoms with Gasteiger partial charge in [0.15, 0.2) is 0 Å². The van der Waals surface area contributed by atoms with Crippen LogP contribution in [0.15, 0.2) is 42.6 Å². The number of anilines is 1. The minimum absolute atomic E-state index is 0.173. The molecule has 1 amide bonds.